The lowest BCUT2D eigenvalue weighted by Crippen LogP contribution is -2.41. The fourth-order valence-corrected chi connectivity index (χ4v) is 3.87. The van der Waals surface area contributed by atoms with E-state index in [0.717, 1.165) is 11.7 Å². The largest absolute Gasteiger partial charge is 0.438 e. The van der Waals surface area contributed by atoms with Crippen LogP contribution in [0.3, 0.4) is 0 Å². The van der Waals surface area contributed by atoms with Crippen molar-refractivity contribution in [2.45, 2.75) is 45.1 Å². The van der Waals surface area contributed by atoms with E-state index in [2.05, 4.69) is 15.3 Å². The summed E-state index contributed by atoms with van der Waals surface area (Å²) in [5, 5.41) is 4.09. The highest BCUT2D eigenvalue weighted by Gasteiger charge is 2.27. The normalized spacial score (nSPS) is 16.5. The van der Waals surface area contributed by atoms with Crippen molar-refractivity contribution in [3.8, 4) is 11.6 Å². The Morgan fingerprint density at radius 2 is 1.88 bits per heavy atom. The topological polar surface area (TPSA) is 107 Å². The van der Waals surface area contributed by atoms with Gasteiger partial charge in [-0.05, 0) is 30.9 Å². The number of ether oxygens (including phenoxy) is 2. The summed E-state index contributed by atoms with van der Waals surface area (Å²) in [5.41, 5.74) is -0.163. The van der Waals surface area contributed by atoms with Gasteiger partial charge in [0.2, 0.25) is 5.88 Å². The first-order valence-electron chi connectivity index (χ1n) is 10.9. The quantitative estimate of drug-likeness (QED) is 0.654. The zero-order valence-corrected chi connectivity index (χ0v) is 20.3. The molecule has 0 spiro atoms. The zero-order chi connectivity index (χ0) is 24.1. The van der Waals surface area contributed by atoms with Crippen molar-refractivity contribution in [3.05, 3.63) is 59.4 Å². The van der Waals surface area contributed by atoms with Crippen molar-refractivity contribution in [1.29, 1.82) is 0 Å². The fourth-order valence-electron chi connectivity index (χ4n) is 3.42. The summed E-state index contributed by atoms with van der Waals surface area (Å²) < 4.78 is 34.8. The summed E-state index contributed by atoms with van der Waals surface area (Å²) in [7, 11) is -3.34. The van der Waals surface area contributed by atoms with Crippen LogP contribution in [0.4, 0.5) is 0 Å². The standard InChI is InChI=1S/C24H31N3O5S/c1-24(2,3)23-25-16-19(22(27-23)32-18-8-6-5-7-9-18)21(28)26-20(12-15-33(4,29)30)17-10-13-31-14-11-17/h5-9,12,15-17,20H,10-11,13-14H2,1-4H3,(H,26,28). The summed E-state index contributed by atoms with van der Waals surface area (Å²) in [5.74, 6) is 0.854. The number of aromatic nitrogens is 2. The maximum absolute atomic E-state index is 13.3. The second-order valence-electron chi connectivity index (χ2n) is 9.18. The van der Waals surface area contributed by atoms with E-state index in [0.29, 0.717) is 37.6 Å². The molecule has 8 nitrogen and oxygen atoms in total. The van der Waals surface area contributed by atoms with Crippen molar-refractivity contribution in [1.82, 2.24) is 15.3 Å². The van der Waals surface area contributed by atoms with E-state index in [4.69, 9.17) is 9.47 Å². The molecule has 178 valence electrons. The van der Waals surface area contributed by atoms with Crippen molar-refractivity contribution in [2.24, 2.45) is 5.92 Å². The van der Waals surface area contributed by atoms with Gasteiger partial charge in [0.05, 0.1) is 6.04 Å². The van der Waals surface area contributed by atoms with Crippen molar-refractivity contribution in [3.63, 3.8) is 0 Å². The zero-order valence-electron chi connectivity index (χ0n) is 19.4. The van der Waals surface area contributed by atoms with Gasteiger partial charge in [-0.25, -0.2) is 13.4 Å². The van der Waals surface area contributed by atoms with E-state index in [9.17, 15) is 13.2 Å². The van der Waals surface area contributed by atoms with Crippen LogP contribution in [0.1, 0.15) is 49.8 Å². The Hall–Kier alpha value is -2.78. The molecule has 1 aromatic carbocycles. The molecular formula is C24H31N3O5S. The Bertz CT molecular complexity index is 1090. The molecule has 1 atom stereocenters. The van der Waals surface area contributed by atoms with Crippen LogP contribution in [0, 0.1) is 5.92 Å². The van der Waals surface area contributed by atoms with E-state index in [1.54, 1.807) is 12.1 Å². The molecule has 9 heteroatoms. The summed E-state index contributed by atoms with van der Waals surface area (Å²) >= 11 is 0. The highest BCUT2D eigenvalue weighted by molar-refractivity contribution is 7.93. The minimum Gasteiger partial charge on any atom is -0.438 e. The molecule has 1 aliphatic rings. The van der Waals surface area contributed by atoms with Gasteiger partial charge in [0.1, 0.15) is 17.1 Å². The number of hydrogen-bond acceptors (Lipinski definition) is 7. The smallest absolute Gasteiger partial charge is 0.258 e. The lowest BCUT2D eigenvalue weighted by molar-refractivity contribution is 0.0569. The molecule has 0 bridgehead atoms. The molecule has 1 fully saturated rings. The molecule has 1 amide bonds. The number of nitrogens with one attached hydrogen (secondary N) is 1. The average molecular weight is 474 g/mol. The van der Waals surface area contributed by atoms with Crippen LogP contribution in [-0.4, -0.2) is 49.8 Å². The van der Waals surface area contributed by atoms with Crippen LogP contribution in [0.2, 0.25) is 0 Å². The monoisotopic (exact) mass is 473 g/mol. The number of para-hydroxylation sites is 1. The third kappa shape index (κ3) is 7.36. The van der Waals surface area contributed by atoms with Crippen LogP contribution in [0.5, 0.6) is 11.6 Å². The highest BCUT2D eigenvalue weighted by atomic mass is 32.2. The first-order valence-corrected chi connectivity index (χ1v) is 12.9. The van der Waals surface area contributed by atoms with Crippen LogP contribution < -0.4 is 10.1 Å². The molecule has 1 saturated heterocycles. The number of amides is 1. The van der Waals surface area contributed by atoms with Crippen LogP contribution in [0.15, 0.2) is 48.0 Å². The Kier molecular flexibility index (Phi) is 7.86. The van der Waals surface area contributed by atoms with Gasteiger partial charge < -0.3 is 14.8 Å². The molecule has 1 aromatic heterocycles. The highest BCUT2D eigenvalue weighted by Crippen LogP contribution is 2.27. The van der Waals surface area contributed by atoms with Crippen LogP contribution in [0.25, 0.3) is 0 Å². The lowest BCUT2D eigenvalue weighted by Gasteiger charge is -2.29. The number of carbonyl (C=O) groups excluding carboxylic acids is 1. The van der Waals surface area contributed by atoms with Gasteiger partial charge in [-0.2, -0.15) is 4.98 Å². The Labute approximate surface area is 195 Å². The van der Waals surface area contributed by atoms with Crippen molar-refractivity contribution < 1.29 is 22.7 Å². The molecule has 1 unspecified atom stereocenters. The molecule has 3 rings (SSSR count). The molecule has 2 heterocycles. The van der Waals surface area contributed by atoms with Gasteiger partial charge in [0.15, 0.2) is 9.84 Å². The van der Waals surface area contributed by atoms with Crippen LogP contribution >= 0.6 is 0 Å². The molecule has 33 heavy (non-hydrogen) atoms. The molecule has 0 saturated carbocycles. The SMILES string of the molecule is CC(C)(C)c1ncc(C(=O)NC(C=CS(C)(=O)=O)C2CCOCC2)c(Oc2ccccc2)n1. The minimum atomic E-state index is -3.34. The number of carbonyl (C=O) groups is 1. The summed E-state index contributed by atoms with van der Waals surface area (Å²) in [4.78, 5) is 22.2. The number of benzene rings is 1. The second-order valence-corrected chi connectivity index (χ2v) is 11.1. The summed E-state index contributed by atoms with van der Waals surface area (Å²) in [6, 6.07) is 8.60. The van der Waals surface area contributed by atoms with Gasteiger partial charge in [-0.15, -0.1) is 0 Å². The Morgan fingerprint density at radius 3 is 2.48 bits per heavy atom. The van der Waals surface area contributed by atoms with Gasteiger partial charge in [-0.3, -0.25) is 4.79 Å². The van der Waals surface area contributed by atoms with Gasteiger partial charge >= 0.3 is 0 Å². The van der Waals surface area contributed by atoms with E-state index in [1.807, 2.05) is 39.0 Å². The molecule has 2 aromatic rings. The predicted octanol–water partition coefficient (Wildman–Crippen LogP) is 3.65. The van der Waals surface area contributed by atoms with E-state index in [1.165, 1.54) is 12.3 Å². The maximum Gasteiger partial charge on any atom is 0.258 e. The van der Waals surface area contributed by atoms with E-state index in [-0.39, 0.29) is 22.8 Å². The van der Waals surface area contributed by atoms with E-state index >= 15 is 0 Å². The first kappa shape index (κ1) is 24.9. The predicted molar refractivity (Wildman–Crippen MR) is 126 cm³/mol. The molecule has 1 aliphatic heterocycles. The Balaban J connectivity index is 1.93. The third-order valence-electron chi connectivity index (χ3n) is 5.23. The number of nitrogens with zero attached hydrogens (tertiary/aromatic N) is 2. The maximum atomic E-state index is 13.3. The van der Waals surface area contributed by atoms with E-state index < -0.39 is 21.8 Å². The second kappa shape index (κ2) is 10.4. The summed E-state index contributed by atoms with van der Waals surface area (Å²) in [6.45, 7) is 7.06. The van der Waals surface area contributed by atoms with Crippen LogP contribution in [-0.2, 0) is 20.0 Å². The minimum absolute atomic E-state index is 0.0500. The molecule has 1 N–H and O–H groups in total. The molecule has 0 radical (unpaired) electrons. The molecular weight excluding hydrogens is 442 g/mol. The van der Waals surface area contributed by atoms with Crippen molar-refractivity contribution in [2.75, 3.05) is 19.5 Å². The third-order valence-corrected chi connectivity index (χ3v) is 5.88. The van der Waals surface area contributed by atoms with Gasteiger partial charge in [-0.1, -0.05) is 45.0 Å². The van der Waals surface area contributed by atoms with Gasteiger partial charge in [0, 0.05) is 36.5 Å². The fraction of sp³-hybridized carbons (Fsp3) is 0.458. The van der Waals surface area contributed by atoms with Gasteiger partial charge in [0.25, 0.3) is 5.91 Å². The first-order chi connectivity index (χ1) is 15.5. The Morgan fingerprint density at radius 1 is 1.21 bits per heavy atom. The summed E-state index contributed by atoms with van der Waals surface area (Å²) in [6.07, 6.45) is 5.54. The number of rotatable bonds is 7. The number of sulfone groups is 1. The number of hydrogen-bond donors (Lipinski definition) is 1. The lowest BCUT2D eigenvalue weighted by atomic mass is 9.91. The van der Waals surface area contributed by atoms with Crippen molar-refractivity contribution >= 4 is 15.7 Å². The average Bonchev–Trinajstić information content (AvgIpc) is 2.76. The molecule has 0 aliphatic carbocycles.